The molecule has 2 nitrogen and oxygen atoms in total. The Morgan fingerprint density at radius 2 is 0.962 bits per heavy atom. The molecule has 1 heterocycles. The maximum atomic E-state index is 2.43. The van der Waals surface area contributed by atoms with Crippen LogP contribution in [0.4, 0.5) is 17.1 Å². The predicted molar refractivity (Wildman–Crippen MR) is 224 cm³/mol. The van der Waals surface area contributed by atoms with Crippen LogP contribution < -0.4 is 4.90 Å². The third-order valence-electron chi connectivity index (χ3n) is 11.2. The summed E-state index contributed by atoms with van der Waals surface area (Å²) in [6, 6.07) is 70.7. The van der Waals surface area contributed by atoms with Gasteiger partial charge in [-0.05, 0) is 99.6 Å². The molecule has 1 aromatic heterocycles. The number of hydrogen-bond acceptors (Lipinski definition) is 1. The first-order chi connectivity index (χ1) is 26.1. The van der Waals surface area contributed by atoms with Crippen LogP contribution in [0.15, 0.2) is 194 Å². The van der Waals surface area contributed by atoms with Gasteiger partial charge in [0.15, 0.2) is 0 Å². The van der Waals surface area contributed by atoms with Gasteiger partial charge in [-0.15, -0.1) is 0 Å². The van der Waals surface area contributed by atoms with E-state index in [-0.39, 0.29) is 5.41 Å². The van der Waals surface area contributed by atoms with Gasteiger partial charge in [0.05, 0.1) is 16.7 Å². The van der Waals surface area contributed by atoms with E-state index in [9.17, 15) is 0 Å². The molecule has 8 aromatic carbocycles. The van der Waals surface area contributed by atoms with Gasteiger partial charge in [-0.1, -0.05) is 147 Å². The minimum Gasteiger partial charge on any atom is -0.310 e. The van der Waals surface area contributed by atoms with Crippen molar-refractivity contribution in [1.82, 2.24) is 4.57 Å². The number of anilines is 3. The van der Waals surface area contributed by atoms with E-state index in [2.05, 4.69) is 217 Å². The molecule has 0 atom stereocenters. The Morgan fingerprint density at radius 1 is 0.377 bits per heavy atom. The monoisotopic (exact) mass is 678 g/mol. The van der Waals surface area contributed by atoms with Crippen molar-refractivity contribution < 1.29 is 0 Å². The molecule has 0 saturated heterocycles. The molecule has 53 heavy (non-hydrogen) atoms. The second-order valence-corrected chi connectivity index (χ2v) is 14.6. The molecular weight excluding hydrogens is 641 g/mol. The average Bonchev–Trinajstić information content (AvgIpc) is 3.67. The number of rotatable bonds is 6. The van der Waals surface area contributed by atoms with Gasteiger partial charge in [0.1, 0.15) is 0 Å². The van der Waals surface area contributed by atoms with E-state index in [1.165, 1.54) is 72.0 Å². The molecule has 0 spiro atoms. The number of aromatic nitrogens is 1. The minimum atomic E-state index is -0.0756. The molecule has 0 N–H and O–H groups in total. The fraction of sp³-hybridized carbons (Fsp3) is 0.0588. The molecule has 0 saturated carbocycles. The van der Waals surface area contributed by atoms with E-state index in [1.807, 2.05) is 0 Å². The highest BCUT2D eigenvalue weighted by molar-refractivity contribution is 6.11. The SMILES string of the molecule is CC1(C)c2ccccc2-c2ccc(N(c3ccccc3)c3ccc(-c4ccccc4-n4c5ccccc5c5cc(-c6ccccc6)ccc54)cc3)cc21. The van der Waals surface area contributed by atoms with Crippen molar-refractivity contribution in [3.63, 3.8) is 0 Å². The summed E-state index contributed by atoms with van der Waals surface area (Å²) < 4.78 is 2.43. The van der Waals surface area contributed by atoms with Gasteiger partial charge in [0.2, 0.25) is 0 Å². The van der Waals surface area contributed by atoms with Crippen molar-refractivity contribution in [2.75, 3.05) is 4.90 Å². The van der Waals surface area contributed by atoms with Gasteiger partial charge < -0.3 is 9.47 Å². The zero-order valence-electron chi connectivity index (χ0n) is 29.9. The van der Waals surface area contributed by atoms with E-state index < -0.39 is 0 Å². The van der Waals surface area contributed by atoms with Crippen LogP contribution in [0.2, 0.25) is 0 Å². The lowest BCUT2D eigenvalue weighted by Gasteiger charge is -2.28. The maximum Gasteiger partial charge on any atom is 0.0541 e. The average molecular weight is 679 g/mol. The van der Waals surface area contributed by atoms with Gasteiger partial charge in [-0.3, -0.25) is 0 Å². The summed E-state index contributed by atoms with van der Waals surface area (Å²) in [5.74, 6) is 0. The number of hydrogen-bond donors (Lipinski definition) is 0. The molecule has 0 unspecified atom stereocenters. The summed E-state index contributed by atoms with van der Waals surface area (Å²) in [4.78, 5) is 2.38. The lowest BCUT2D eigenvalue weighted by atomic mass is 9.82. The molecule has 0 bridgehead atoms. The lowest BCUT2D eigenvalue weighted by Crippen LogP contribution is -2.16. The first kappa shape index (κ1) is 31.1. The van der Waals surface area contributed by atoms with Crippen LogP contribution in [0, 0.1) is 0 Å². The highest BCUT2D eigenvalue weighted by Gasteiger charge is 2.35. The van der Waals surface area contributed by atoms with Crippen molar-refractivity contribution in [3.05, 3.63) is 205 Å². The normalized spacial score (nSPS) is 12.9. The van der Waals surface area contributed by atoms with Gasteiger partial charge in [-0.25, -0.2) is 0 Å². The van der Waals surface area contributed by atoms with Crippen LogP contribution in [0.5, 0.6) is 0 Å². The van der Waals surface area contributed by atoms with Crippen LogP contribution in [0.3, 0.4) is 0 Å². The van der Waals surface area contributed by atoms with Crippen LogP contribution in [0.25, 0.3) is 60.9 Å². The van der Waals surface area contributed by atoms with Gasteiger partial charge >= 0.3 is 0 Å². The van der Waals surface area contributed by atoms with Crippen molar-refractivity contribution in [2.24, 2.45) is 0 Å². The minimum absolute atomic E-state index is 0.0756. The van der Waals surface area contributed by atoms with Gasteiger partial charge in [0.25, 0.3) is 0 Å². The van der Waals surface area contributed by atoms with Crippen LogP contribution >= 0.6 is 0 Å². The Morgan fingerprint density at radius 3 is 1.77 bits per heavy atom. The molecule has 0 aliphatic heterocycles. The number of fused-ring (bicyclic) bond motifs is 6. The van der Waals surface area contributed by atoms with E-state index in [0.717, 1.165) is 17.1 Å². The quantitative estimate of drug-likeness (QED) is 0.170. The fourth-order valence-corrected chi connectivity index (χ4v) is 8.60. The molecule has 9 aromatic rings. The Bertz CT molecular complexity index is 2790. The first-order valence-electron chi connectivity index (χ1n) is 18.4. The molecule has 0 radical (unpaired) electrons. The highest BCUT2D eigenvalue weighted by atomic mass is 15.1. The van der Waals surface area contributed by atoms with Crippen LogP contribution in [-0.4, -0.2) is 4.57 Å². The van der Waals surface area contributed by atoms with Crippen LogP contribution in [0.1, 0.15) is 25.0 Å². The van der Waals surface area contributed by atoms with Crippen molar-refractivity contribution >= 4 is 38.9 Å². The fourth-order valence-electron chi connectivity index (χ4n) is 8.60. The Hall–Kier alpha value is -6.64. The second kappa shape index (κ2) is 12.3. The number of para-hydroxylation sites is 3. The van der Waals surface area contributed by atoms with Crippen molar-refractivity contribution in [1.29, 1.82) is 0 Å². The molecule has 1 aliphatic carbocycles. The zero-order valence-corrected chi connectivity index (χ0v) is 29.9. The van der Waals surface area contributed by atoms with E-state index in [0.29, 0.717) is 0 Å². The lowest BCUT2D eigenvalue weighted by molar-refractivity contribution is 0.660. The van der Waals surface area contributed by atoms with E-state index >= 15 is 0 Å². The molecule has 1 aliphatic rings. The molecule has 2 heteroatoms. The molecule has 0 amide bonds. The molecule has 252 valence electrons. The third kappa shape index (κ3) is 5.02. The summed E-state index contributed by atoms with van der Waals surface area (Å²) in [5.41, 5.74) is 17.2. The first-order valence-corrected chi connectivity index (χ1v) is 18.4. The standard InChI is InChI=1S/C51H38N2/c1-51(2)46-22-12-9-20-42(46)43-31-30-40(34-47(43)51)52(38-17-7-4-8-18-38)39-28-25-36(26-29-39)41-19-10-13-23-48(41)53-49-24-14-11-21-44(49)45-33-37(27-32-50(45)53)35-15-5-3-6-16-35/h3-34H,1-2H3. The Kier molecular flexibility index (Phi) is 7.19. The van der Waals surface area contributed by atoms with Crippen molar-refractivity contribution in [2.45, 2.75) is 19.3 Å². The third-order valence-corrected chi connectivity index (χ3v) is 11.2. The summed E-state index contributed by atoms with van der Waals surface area (Å²) in [5, 5.41) is 2.51. The smallest absolute Gasteiger partial charge is 0.0541 e. The van der Waals surface area contributed by atoms with E-state index in [4.69, 9.17) is 0 Å². The largest absolute Gasteiger partial charge is 0.310 e. The summed E-state index contributed by atoms with van der Waals surface area (Å²) in [6.45, 7) is 4.69. The highest BCUT2D eigenvalue weighted by Crippen LogP contribution is 2.50. The summed E-state index contributed by atoms with van der Waals surface area (Å²) in [6.07, 6.45) is 0. The predicted octanol–water partition coefficient (Wildman–Crippen LogP) is 13.9. The summed E-state index contributed by atoms with van der Waals surface area (Å²) >= 11 is 0. The van der Waals surface area contributed by atoms with Gasteiger partial charge in [-0.2, -0.15) is 0 Å². The zero-order chi connectivity index (χ0) is 35.5. The molecule has 0 fully saturated rings. The summed E-state index contributed by atoms with van der Waals surface area (Å²) in [7, 11) is 0. The van der Waals surface area contributed by atoms with Gasteiger partial charge in [0, 0.05) is 38.8 Å². The Labute approximate surface area is 310 Å². The number of benzene rings is 8. The van der Waals surface area contributed by atoms with E-state index in [1.54, 1.807) is 0 Å². The van der Waals surface area contributed by atoms with Crippen LogP contribution in [-0.2, 0) is 5.41 Å². The topological polar surface area (TPSA) is 8.17 Å². The maximum absolute atomic E-state index is 2.43. The second-order valence-electron chi connectivity index (χ2n) is 14.6. The van der Waals surface area contributed by atoms with Crippen molar-refractivity contribution in [3.8, 4) is 39.1 Å². The molecule has 10 rings (SSSR count). The Balaban J connectivity index is 1.08. The number of nitrogens with zero attached hydrogens (tertiary/aromatic N) is 2. The molecular formula is C51H38N2.